The Morgan fingerprint density at radius 1 is 0.952 bits per heavy atom. The third-order valence-corrected chi connectivity index (χ3v) is 3.64. The van der Waals surface area contributed by atoms with E-state index < -0.39 is 10.0 Å². The molecule has 0 aromatic heterocycles. The monoisotopic (exact) mass is 301 g/mol. The molecule has 0 radical (unpaired) electrons. The SMILES string of the molecule is C/C(=C/S(N)(=O)=O)c1cccc(C(=O)c2ccccc2)c1. The predicted molar refractivity (Wildman–Crippen MR) is 83.1 cm³/mol. The van der Waals surface area contributed by atoms with Gasteiger partial charge >= 0.3 is 0 Å². The van der Waals surface area contributed by atoms with Gasteiger partial charge in [-0.3, -0.25) is 4.79 Å². The van der Waals surface area contributed by atoms with E-state index in [1.54, 1.807) is 55.5 Å². The lowest BCUT2D eigenvalue weighted by Gasteiger charge is -2.05. The van der Waals surface area contributed by atoms with E-state index in [9.17, 15) is 13.2 Å². The van der Waals surface area contributed by atoms with Gasteiger partial charge in [0.25, 0.3) is 0 Å². The third-order valence-electron chi connectivity index (χ3n) is 2.96. The van der Waals surface area contributed by atoms with Gasteiger partial charge < -0.3 is 0 Å². The van der Waals surface area contributed by atoms with E-state index in [2.05, 4.69) is 0 Å². The normalized spacial score (nSPS) is 12.2. The van der Waals surface area contributed by atoms with Crippen molar-refractivity contribution in [2.45, 2.75) is 6.92 Å². The molecule has 4 nitrogen and oxygen atoms in total. The fourth-order valence-corrected chi connectivity index (χ4v) is 2.61. The van der Waals surface area contributed by atoms with E-state index in [-0.39, 0.29) is 5.78 Å². The van der Waals surface area contributed by atoms with Crippen LogP contribution in [-0.2, 0) is 10.0 Å². The minimum Gasteiger partial charge on any atom is -0.289 e. The number of hydrogen-bond acceptors (Lipinski definition) is 3. The highest BCUT2D eigenvalue weighted by molar-refractivity contribution is 7.92. The molecule has 0 atom stereocenters. The van der Waals surface area contributed by atoms with Crippen molar-refractivity contribution in [3.05, 3.63) is 76.7 Å². The summed E-state index contributed by atoms with van der Waals surface area (Å²) in [4.78, 5) is 12.3. The number of sulfonamides is 1. The maximum atomic E-state index is 12.3. The van der Waals surface area contributed by atoms with Crippen LogP contribution in [0.2, 0.25) is 0 Å². The fourth-order valence-electron chi connectivity index (χ4n) is 1.98. The molecule has 2 N–H and O–H groups in total. The summed E-state index contributed by atoms with van der Waals surface area (Å²) in [5.74, 6) is -0.110. The largest absolute Gasteiger partial charge is 0.289 e. The minimum atomic E-state index is -3.70. The van der Waals surface area contributed by atoms with Gasteiger partial charge in [-0.1, -0.05) is 48.5 Å². The molecule has 0 aliphatic carbocycles. The topological polar surface area (TPSA) is 77.2 Å². The average Bonchev–Trinajstić information content (AvgIpc) is 2.46. The molecule has 0 saturated heterocycles. The summed E-state index contributed by atoms with van der Waals surface area (Å²) < 4.78 is 22.2. The summed E-state index contributed by atoms with van der Waals surface area (Å²) in [6.45, 7) is 1.64. The predicted octanol–water partition coefficient (Wildman–Crippen LogP) is 2.57. The number of carbonyl (C=O) groups is 1. The standard InChI is InChI=1S/C16H15NO3S/c1-12(11-21(17,19)20)14-8-5-9-15(10-14)16(18)13-6-3-2-4-7-13/h2-11H,1H3,(H2,17,19,20)/b12-11-. The molecular formula is C16H15NO3S. The quantitative estimate of drug-likeness (QED) is 0.882. The Labute approximate surface area is 124 Å². The molecule has 2 aromatic rings. The van der Waals surface area contributed by atoms with Crippen LogP contribution < -0.4 is 5.14 Å². The number of nitrogens with two attached hydrogens (primary N) is 1. The molecule has 2 rings (SSSR count). The Morgan fingerprint density at radius 3 is 2.14 bits per heavy atom. The molecule has 0 heterocycles. The zero-order chi connectivity index (χ0) is 15.5. The van der Waals surface area contributed by atoms with Crippen LogP contribution >= 0.6 is 0 Å². The molecule has 0 spiro atoms. The summed E-state index contributed by atoms with van der Waals surface area (Å²) in [6.07, 6.45) is 0. The first-order valence-electron chi connectivity index (χ1n) is 6.28. The number of primary sulfonamides is 1. The highest BCUT2D eigenvalue weighted by Gasteiger charge is 2.10. The van der Waals surface area contributed by atoms with Gasteiger partial charge in [-0.2, -0.15) is 0 Å². The fraction of sp³-hybridized carbons (Fsp3) is 0.0625. The lowest BCUT2D eigenvalue weighted by molar-refractivity contribution is 0.103. The first-order valence-corrected chi connectivity index (χ1v) is 7.89. The summed E-state index contributed by atoms with van der Waals surface area (Å²) in [5.41, 5.74) is 2.22. The van der Waals surface area contributed by atoms with Crippen LogP contribution in [0, 0.1) is 0 Å². The maximum Gasteiger partial charge on any atom is 0.231 e. The molecule has 0 aliphatic rings. The van der Waals surface area contributed by atoms with Crippen molar-refractivity contribution in [3.8, 4) is 0 Å². The summed E-state index contributed by atoms with van der Waals surface area (Å²) in [6, 6.07) is 15.7. The molecule has 2 aromatic carbocycles. The molecule has 0 saturated carbocycles. The molecular weight excluding hydrogens is 286 g/mol. The van der Waals surface area contributed by atoms with E-state index in [0.29, 0.717) is 22.3 Å². The smallest absolute Gasteiger partial charge is 0.231 e. The number of rotatable bonds is 4. The number of allylic oxidation sites excluding steroid dienone is 1. The summed E-state index contributed by atoms with van der Waals surface area (Å²) in [5, 5.41) is 5.98. The van der Waals surface area contributed by atoms with Crippen LogP contribution in [0.5, 0.6) is 0 Å². The van der Waals surface area contributed by atoms with Gasteiger partial charge in [0.2, 0.25) is 10.0 Å². The van der Waals surface area contributed by atoms with Gasteiger partial charge in [0.1, 0.15) is 0 Å². The van der Waals surface area contributed by atoms with Crippen molar-refractivity contribution in [3.63, 3.8) is 0 Å². The molecule has 0 amide bonds. The van der Waals surface area contributed by atoms with E-state index in [4.69, 9.17) is 5.14 Å². The molecule has 0 fully saturated rings. The zero-order valence-electron chi connectivity index (χ0n) is 11.5. The molecule has 0 unspecified atom stereocenters. The van der Waals surface area contributed by atoms with Gasteiger partial charge in [0, 0.05) is 16.5 Å². The van der Waals surface area contributed by atoms with Gasteiger partial charge in [-0.15, -0.1) is 0 Å². The van der Waals surface area contributed by atoms with Crippen LogP contribution in [0.25, 0.3) is 5.57 Å². The highest BCUT2D eigenvalue weighted by atomic mass is 32.2. The lowest BCUT2D eigenvalue weighted by Crippen LogP contribution is -2.08. The van der Waals surface area contributed by atoms with Gasteiger partial charge in [0.05, 0.1) is 0 Å². The van der Waals surface area contributed by atoms with E-state index in [1.165, 1.54) is 0 Å². The Bertz CT molecular complexity index is 793. The van der Waals surface area contributed by atoms with Gasteiger partial charge in [-0.05, 0) is 24.1 Å². The van der Waals surface area contributed by atoms with E-state index in [0.717, 1.165) is 5.41 Å². The second kappa shape index (κ2) is 6.03. The Kier molecular flexibility index (Phi) is 4.35. The number of carbonyl (C=O) groups excluding carboxylic acids is 1. The van der Waals surface area contributed by atoms with Crippen LogP contribution in [0.3, 0.4) is 0 Å². The number of hydrogen-bond donors (Lipinski definition) is 1. The molecule has 0 bridgehead atoms. The van der Waals surface area contributed by atoms with Crippen LogP contribution in [0.15, 0.2) is 60.0 Å². The number of benzene rings is 2. The Balaban J connectivity index is 2.39. The van der Waals surface area contributed by atoms with Crippen molar-refractivity contribution < 1.29 is 13.2 Å². The minimum absolute atomic E-state index is 0.110. The van der Waals surface area contributed by atoms with Crippen molar-refractivity contribution in [1.29, 1.82) is 0 Å². The summed E-state index contributed by atoms with van der Waals surface area (Å²) >= 11 is 0. The van der Waals surface area contributed by atoms with E-state index >= 15 is 0 Å². The van der Waals surface area contributed by atoms with Crippen molar-refractivity contribution in [1.82, 2.24) is 0 Å². The molecule has 108 valence electrons. The highest BCUT2D eigenvalue weighted by Crippen LogP contribution is 2.18. The second-order valence-electron chi connectivity index (χ2n) is 4.67. The lowest BCUT2D eigenvalue weighted by atomic mass is 9.99. The Morgan fingerprint density at radius 2 is 1.52 bits per heavy atom. The Hall–Kier alpha value is -2.24. The van der Waals surface area contributed by atoms with Crippen molar-refractivity contribution >= 4 is 21.4 Å². The summed E-state index contributed by atoms with van der Waals surface area (Å²) in [7, 11) is -3.70. The first-order chi connectivity index (χ1) is 9.87. The van der Waals surface area contributed by atoms with E-state index in [1.807, 2.05) is 6.07 Å². The van der Waals surface area contributed by atoms with Crippen molar-refractivity contribution in [2.24, 2.45) is 5.14 Å². The number of ketones is 1. The first kappa shape index (κ1) is 15.2. The second-order valence-corrected chi connectivity index (χ2v) is 6.08. The molecule has 5 heteroatoms. The molecule has 0 aliphatic heterocycles. The van der Waals surface area contributed by atoms with Crippen LogP contribution in [0.4, 0.5) is 0 Å². The third kappa shape index (κ3) is 4.11. The van der Waals surface area contributed by atoms with Gasteiger partial charge in [0.15, 0.2) is 5.78 Å². The maximum absolute atomic E-state index is 12.3. The van der Waals surface area contributed by atoms with Gasteiger partial charge in [-0.25, -0.2) is 13.6 Å². The van der Waals surface area contributed by atoms with Crippen LogP contribution in [-0.4, -0.2) is 14.2 Å². The molecule has 21 heavy (non-hydrogen) atoms. The van der Waals surface area contributed by atoms with Crippen molar-refractivity contribution in [2.75, 3.05) is 0 Å². The zero-order valence-corrected chi connectivity index (χ0v) is 12.3. The average molecular weight is 301 g/mol. The van der Waals surface area contributed by atoms with Crippen LogP contribution in [0.1, 0.15) is 28.4 Å².